The molecule has 0 bridgehead atoms. The lowest BCUT2D eigenvalue weighted by molar-refractivity contribution is 0.186. The summed E-state index contributed by atoms with van der Waals surface area (Å²) in [5.41, 5.74) is 0. The fourth-order valence-electron chi connectivity index (χ4n) is 1.17. The van der Waals surface area contributed by atoms with Gasteiger partial charge in [-0.3, -0.25) is 0 Å². The fourth-order valence-corrected chi connectivity index (χ4v) is 3.52. The highest BCUT2D eigenvalue weighted by molar-refractivity contribution is 6.44. The van der Waals surface area contributed by atoms with E-state index in [1.165, 1.54) is 0 Å². The normalized spacial score (nSPS) is 13.8. The number of hydrogen-bond donors (Lipinski definition) is 0. The molecule has 0 N–H and O–H groups in total. The Hall–Kier alpha value is 0.0969. The summed E-state index contributed by atoms with van der Waals surface area (Å²) >= 11 is 0. The molecule has 0 aromatic rings. The van der Waals surface area contributed by atoms with Crippen LogP contribution in [0.5, 0.6) is 0 Å². The van der Waals surface area contributed by atoms with Crippen LogP contribution < -0.4 is 0 Å². The van der Waals surface area contributed by atoms with Crippen LogP contribution in [0, 0.1) is 0 Å². The summed E-state index contributed by atoms with van der Waals surface area (Å²) in [7, 11) is 2.79. The second-order valence-electron chi connectivity index (χ2n) is 4.22. The van der Waals surface area contributed by atoms with Crippen LogP contribution in [0.15, 0.2) is 0 Å². The minimum Gasteiger partial charge on any atom is -0.396 e. The van der Waals surface area contributed by atoms with Crippen molar-refractivity contribution in [3.8, 4) is 0 Å². The average Bonchev–Trinajstić information content (AvgIpc) is 2.21. The molecule has 0 spiro atoms. The van der Waals surface area contributed by atoms with Crippen molar-refractivity contribution in [3.05, 3.63) is 0 Å². The highest BCUT2D eigenvalue weighted by Crippen LogP contribution is 2.07. The lowest BCUT2D eigenvalue weighted by Crippen LogP contribution is -2.34. The van der Waals surface area contributed by atoms with Gasteiger partial charge in [-0.05, 0) is 33.9 Å². The van der Waals surface area contributed by atoms with Gasteiger partial charge in [-0.15, -0.1) is 0 Å². The predicted octanol–water partition coefficient (Wildman–Crippen LogP) is 2.01. The quantitative estimate of drug-likeness (QED) is 0.569. The van der Waals surface area contributed by atoms with E-state index in [1.54, 1.807) is 0 Å². The van der Waals surface area contributed by atoms with E-state index in [9.17, 15) is 0 Å². The Morgan fingerprint density at radius 2 is 1.53 bits per heavy atom. The maximum Gasteiger partial charge on any atom is 0.322 e. The molecule has 0 amide bonds. The Balaban J connectivity index is 3.87. The van der Waals surface area contributed by atoms with Gasteiger partial charge in [-0.25, -0.2) is 0 Å². The number of hydrogen-bond acceptors (Lipinski definition) is 3. The van der Waals surface area contributed by atoms with Gasteiger partial charge in [0.15, 0.2) is 0 Å². The molecular formula is C11H27NO2Si. The first kappa shape index (κ1) is 15.1. The first-order chi connectivity index (χ1) is 7.11. The van der Waals surface area contributed by atoms with E-state index in [2.05, 4.69) is 39.8 Å². The molecule has 1 unspecified atom stereocenters. The van der Waals surface area contributed by atoms with Crippen LogP contribution in [0.2, 0.25) is 6.04 Å². The zero-order valence-corrected chi connectivity index (χ0v) is 12.1. The van der Waals surface area contributed by atoms with Gasteiger partial charge in [0.25, 0.3) is 0 Å². The van der Waals surface area contributed by atoms with Crippen LogP contribution in [0.1, 0.15) is 33.6 Å². The molecule has 15 heavy (non-hydrogen) atoms. The first-order valence-electron chi connectivity index (χ1n) is 6.01. The maximum absolute atomic E-state index is 5.80. The molecule has 92 valence electrons. The molecule has 0 aliphatic carbocycles. The van der Waals surface area contributed by atoms with Crippen LogP contribution >= 0.6 is 0 Å². The molecule has 0 saturated carbocycles. The fraction of sp³-hybridized carbons (Fsp3) is 1.00. The van der Waals surface area contributed by atoms with Crippen molar-refractivity contribution >= 4 is 9.28 Å². The molecule has 4 heteroatoms. The SMILES string of the molecule is CCCO[SiH](CC(C)N(C)C)OCCC. The monoisotopic (exact) mass is 233 g/mol. The van der Waals surface area contributed by atoms with E-state index in [0.29, 0.717) is 6.04 Å². The largest absolute Gasteiger partial charge is 0.396 e. The number of nitrogens with zero attached hydrogens (tertiary/aromatic N) is 1. The summed E-state index contributed by atoms with van der Waals surface area (Å²) in [6, 6.07) is 1.63. The lowest BCUT2D eigenvalue weighted by atomic mass is 10.4. The van der Waals surface area contributed by atoms with Crippen molar-refractivity contribution < 1.29 is 8.85 Å². The molecule has 0 radical (unpaired) electrons. The van der Waals surface area contributed by atoms with Gasteiger partial charge in [-0.2, -0.15) is 0 Å². The van der Waals surface area contributed by atoms with E-state index in [1.807, 2.05) is 0 Å². The van der Waals surface area contributed by atoms with Crippen LogP contribution in [0.4, 0.5) is 0 Å². The van der Waals surface area contributed by atoms with Crippen molar-refractivity contribution in [1.82, 2.24) is 4.90 Å². The average molecular weight is 233 g/mol. The molecule has 0 aromatic carbocycles. The summed E-state index contributed by atoms with van der Waals surface area (Å²) in [6.07, 6.45) is 2.16. The third-order valence-electron chi connectivity index (χ3n) is 2.43. The van der Waals surface area contributed by atoms with Crippen LogP contribution in [0.25, 0.3) is 0 Å². The molecule has 0 saturated heterocycles. The Morgan fingerprint density at radius 1 is 1.07 bits per heavy atom. The van der Waals surface area contributed by atoms with E-state index < -0.39 is 9.28 Å². The van der Waals surface area contributed by atoms with Crippen molar-refractivity contribution in [1.29, 1.82) is 0 Å². The van der Waals surface area contributed by atoms with Gasteiger partial charge in [0, 0.05) is 25.3 Å². The molecule has 0 aliphatic heterocycles. The summed E-state index contributed by atoms with van der Waals surface area (Å²) in [4.78, 5) is 2.23. The van der Waals surface area contributed by atoms with Crippen molar-refractivity contribution in [2.75, 3.05) is 27.3 Å². The molecule has 3 nitrogen and oxygen atoms in total. The molecule has 1 atom stereocenters. The molecule has 0 heterocycles. The summed E-state index contributed by atoms with van der Waals surface area (Å²) < 4.78 is 11.6. The molecule has 0 rings (SSSR count). The minimum absolute atomic E-state index is 0.551. The van der Waals surface area contributed by atoms with Gasteiger partial charge in [-0.1, -0.05) is 13.8 Å². The van der Waals surface area contributed by atoms with E-state index in [4.69, 9.17) is 8.85 Å². The van der Waals surface area contributed by atoms with Gasteiger partial charge >= 0.3 is 9.28 Å². The van der Waals surface area contributed by atoms with Gasteiger partial charge in [0.2, 0.25) is 0 Å². The summed E-state index contributed by atoms with van der Waals surface area (Å²) in [6.45, 7) is 8.20. The topological polar surface area (TPSA) is 21.7 Å². The first-order valence-corrected chi connectivity index (χ1v) is 7.77. The maximum atomic E-state index is 5.80. The van der Waals surface area contributed by atoms with Gasteiger partial charge in [0.05, 0.1) is 0 Å². The van der Waals surface area contributed by atoms with Crippen LogP contribution in [0.3, 0.4) is 0 Å². The smallest absolute Gasteiger partial charge is 0.322 e. The van der Waals surface area contributed by atoms with E-state index >= 15 is 0 Å². The highest BCUT2D eigenvalue weighted by atomic mass is 28.3. The standard InChI is InChI=1S/C11H27NO2Si/c1-6-8-13-15(14-9-7-2)10-11(3)12(4)5/h11,15H,6-10H2,1-5H3. The van der Waals surface area contributed by atoms with Crippen LogP contribution in [-0.2, 0) is 8.85 Å². The van der Waals surface area contributed by atoms with E-state index in [-0.39, 0.29) is 0 Å². The third-order valence-corrected chi connectivity index (χ3v) is 4.71. The van der Waals surface area contributed by atoms with Gasteiger partial charge in [0.1, 0.15) is 0 Å². The highest BCUT2D eigenvalue weighted by Gasteiger charge is 2.18. The van der Waals surface area contributed by atoms with Crippen molar-refractivity contribution in [2.24, 2.45) is 0 Å². The van der Waals surface area contributed by atoms with E-state index in [0.717, 1.165) is 32.1 Å². The molecule has 0 aliphatic rings. The summed E-state index contributed by atoms with van der Waals surface area (Å²) in [5.74, 6) is 0. The predicted molar refractivity (Wildman–Crippen MR) is 67.6 cm³/mol. The minimum atomic E-state index is -1.42. The molecular weight excluding hydrogens is 206 g/mol. The molecule has 0 aromatic heterocycles. The Morgan fingerprint density at radius 3 is 1.87 bits per heavy atom. The Kier molecular flexibility index (Phi) is 9.39. The van der Waals surface area contributed by atoms with Crippen molar-refractivity contribution in [3.63, 3.8) is 0 Å². The van der Waals surface area contributed by atoms with Gasteiger partial charge < -0.3 is 13.8 Å². The second-order valence-corrected chi connectivity index (χ2v) is 6.22. The Bertz CT molecular complexity index is 137. The third kappa shape index (κ3) is 7.96. The Labute approximate surface area is 96.6 Å². The zero-order valence-electron chi connectivity index (χ0n) is 11.0. The zero-order chi connectivity index (χ0) is 11.7. The number of rotatable bonds is 9. The lowest BCUT2D eigenvalue weighted by Gasteiger charge is -2.24. The summed E-state index contributed by atoms with van der Waals surface area (Å²) in [5, 5.41) is 0. The second kappa shape index (κ2) is 9.33. The molecule has 0 fully saturated rings. The van der Waals surface area contributed by atoms with Crippen LogP contribution in [-0.4, -0.2) is 47.5 Å². The van der Waals surface area contributed by atoms with Crippen molar-refractivity contribution in [2.45, 2.75) is 45.7 Å².